The number of halogens is 6. The number of aliphatic carboxylic acids is 1. The summed E-state index contributed by atoms with van der Waals surface area (Å²) < 4.78 is 79.9. The predicted molar refractivity (Wildman–Crippen MR) is 109 cm³/mol. The van der Waals surface area contributed by atoms with Gasteiger partial charge >= 0.3 is 18.3 Å². The van der Waals surface area contributed by atoms with E-state index in [0.717, 1.165) is 5.39 Å². The lowest BCUT2D eigenvalue weighted by Gasteiger charge is -2.25. The molecular formula is C23H15F6NO4. The molecule has 0 aliphatic carbocycles. The molecule has 0 saturated heterocycles. The normalized spacial score (nSPS) is 11.9. The summed E-state index contributed by atoms with van der Waals surface area (Å²) >= 11 is 0. The molecule has 0 unspecified atom stereocenters. The van der Waals surface area contributed by atoms with E-state index in [1.54, 1.807) is 36.4 Å². The zero-order chi connectivity index (χ0) is 25.3. The number of hydrogen-bond acceptors (Lipinski definition) is 3. The first-order valence-electron chi connectivity index (χ1n) is 9.59. The van der Waals surface area contributed by atoms with Crippen molar-refractivity contribution in [2.75, 3.05) is 4.90 Å². The first-order valence-corrected chi connectivity index (χ1v) is 9.59. The number of anilines is 1. The number of Topliss-reactive ketones (excluding diaryl/α,β-unsaturated/α-hetero) is 1. The Balaban J connectivity index is 2.13. The summed E-state index contributed by atoms with van der Waals surface area (Å²) in [6.07, 6.45) is -11.6. The maximum Gasteiger partial charge on any atom is 0.416 e. The van der Waals surface area contributed by atoms with Crippen LogP contribution in [-0.2, 0) is 33.3 Å². The Labute approximate surface area is 188 Å². The van der Waals surface area contributed by atoms with Gasteiger partial charge in [-0.2, -0.15) is 26.3 Å². The summed E-state index contributed by atoms with van der Waals surface area (Å²) in [6, 6.07) is 12.3. The second-order valence-electron chi connectivity index (χ2n) is 7.33. The van der Waals surface area contributed by atoms with Gasteiger partial charge in [0.2, 0.25) is 11.7 Å². The number of carboxylic acids is 1. The number of carboxylic acid groups (broad SMARTS) is 1. The highest BCUT2D eigenvalue weighted by Crippen LogP contribution is 2.39. The smallest absolute Gasteiger partial charge is 0.416 e. The van der Waals surface area contributed by atoms with Crippen molar-refractivity contribution in [2.45, 2.75) is 25.3 Å². The van der Waals surface area contributed by atoms with E-state index in [2.05, 4.69) is 0 Å². The predicted octanol–water partition coefficient (Wildman–Crippen LogP) is 5.45. The molecule has 1 N–H and O–H groups in total. The quantitative estimate of drug-likeness (QED) is 0.287. The van der Waals surface area contributed by atoms with E-state index in [4.69, 9.17) is 5.11 Å². The van der Waals surface area contributed by atoms with Crippen LogP contribution in [0.4, 0.5) is 32.0 Å². The van der Waals surface area contributed by atoms with Gasteiger partial charge in [0, 0.05) is 5.69 Å². The van der Waals surface area contributed by atoms with Crippen molar-refractivity contribution >= 4 is 34.1 Å². The number of benzene rings is 3. The number of nitrogens with zero attached hydrogens (tertiary/aromatic N) is 1. The molecule has 5 nitrogen and oxygen atoms in total. The molecule has 0 spiro atoms. The Bertz CT molecular complexity index is 1230. The van der Waals surface area contributed by atoms with Gasteiger partial charge in [-0.25, -0.2) is 4.79 Å². The molecule has 1 amide bonds. The molecule has 0 aliphatic heterocycles. The topological polar surface area (TPSA) is 74.7 Å². The molecule has 0 saturated carbocycles. The molecular weight excluding hydrogens is 468 g/mol. The molecule has 178 valence electrons. The molecule has 34 heavy (non-hydrogen) atoms. The molecule has 11 heteroatoms. The van der Waals surface area contributed by atoms with E-state index in [0.29, 0.717) is 28.0 Å². The van der Waals surface area contributed by atoms with Crippen LogP contribution in [0.2, 0.25) is 0 Å². The molecule has 0 aromatic heterocycles. The molecule has 3 aromatic carbocycles. The van der Waals surface area contributed by atoms with Crippen molar-refractivity contribution in [1.82, 2.24) is 0 Å². The lowest BCUT2D eigenvalue weighted by molar-refractivity contribution is -0.150. The van der Waals surface area contributed by atoms with Gasteiger partial charge in [-0.05, 0) is 40.6 Å². The van der Waals surface area contributed by atoms with Crippen molar-refractivity contribution in [1.29, 1.82) is 0 Å². The largest absolute Gasteiger partial charge is 0.475 e. The third-order valence-electron chi connectivity index (χ3n) is 4.89. The maximum atomic E-state index is 13.3. The van der Waals surface area contributed by atoms with Crippen molar-refractivity contribution in [2.24, 2.45) is 0 Å². The van der Waals surface area contributed by atoms with Crippen LogP contribution in [0.25, 0.3) is 10.8 Å². The van der Waals surface area contributed by atoms with E-state index < -0.39 is 59.8 Å². The summed E-state index contributed by atoms with van der Waals surface area (Å²) in [5.74, 6) is -4.79. The van der Waals surface area contributed by atoms with Crippen LogP contribution in [0.1, 0.15) is 23.1 Å². The summed E-state index contributed by atoms with van der Waals surface area (Å²) in [4.78, 5) is 35.7. The van der Waals surface area contributed by atoms with Crippen LogP contribution in [-0.4, -0.2) is 22.8 Å². The third kappa shape index (κ3) is 5.72. The van der Waals surface area contributed by atoms with Crippen LogP contribution >= 0.6 is 0 Å². The molecule has 3 aromatic rings. The Morgan fingerprint density at radius 1 is 0.765 bits per heavy atom. The second kappa shape index (κ2) is 9.16. The highest BCUT2D eigenvalue weighted by molar-refractivity contribution is 6.36. The Kier molecular flexibility index (Phi) is 6.67. The van der Waals surface area contributed by atoms with E-state index in [1.165, 1.54) is 6.07 Å². The monoisotopic (exact) mass is 483 g/mol. The van der Waals surface area contributed by atoms with Gasteiger partial charge in [-0.3, -0.25) is 9.59 Å². The average Bonchev–Trinajstić information content (AvgIpc) is 2.75. The molecule has 0 aliphatic rings. The minimum Gasteiger partial charge on any atom is -0.475 e. The van der Waals surface area contributed by atoms with E-state index in [1.807, 2.05) is 0 Å². The Hall–Kier alpha value is -3.89. The van der Waals surface area contributed by atoms with Crippen molar-refractivity contribution in [3.8, 4) is 0 Å². The fourth-order valence-corrected chi connectivity index (χ4v) is 3.25. The molecule has 3 rings (SSSR count). The number of rotatable bonds is 6. The van der Waals surface area contributed by atoms with Crippen LogP contribution in [0, 0.1) is 0 Å². The zero-order valence-corrected chi connectivity index (χ0v) is 17.1. The second-order valence-corrected chi connectivity index (χ2v) is 7.33. The third-order valence-corrected chi connectivity index (χ3v) is 4.89. The van der Waals surface area contributed by atoms with Gasteiger partial charge < -0.3 is 10.0 Å². The number of fused-ring (bicyclic) bond motifs is 1. The minimum absolute atomic E-state index is 0.0927. The number of alkyl halides is 6. The lowest BCUT2D eigenvalue weighted by atomic mass is 10.0. The Morgan fingerprint density at radius 3 is 1.85 bits per heavy atom. The van der Waals surface area contributed by atoms with Crippen molar-refractivity contribution in [3.05, 3.63) is 77.4 Å². The van der Waals surface area contributed by atoms with E-state index in [9.17, 15) is 40.7 Å². The SMILES string of the molecule is O=C(O)C(=O)CC(=O)N(Cc1ccc2ccccc2c1)c1cc(C(F)(F)F)cc(C(F)(F)F)c1. The molecule has 0 bridgehead atoms. The fraction of sp³-hybridized carbons (Fsp3) is 0.174. The number of carbonyl (C=O) groups is 3. The summed E-state index contributed by atoms with van der Waals surface area (Å²) in [7, 11) is 0. The van der Waals surface area contributed by atoms with Crippen molar-refractivity contribution < 1.29 is 45.8 Å². The molecule has 0 atom stereocenters. The summed E-state index contributed by atoms with van der Waals surface area (Å²) in [6.45, 7) is -0.505. The molecule has 0 heterocycles. The van der Waals surface area contributed by atoms with E-state index >= 15 is 0 Å². The van der Waals surface area contributed by atoms with Gasteiger partial charge in [0.05, 0.1) is 24.1 Å². The standard InChI is InChI=1S/C23H15F6NO4/c24-22(25,26)16-8-17(23(27,28)29)10-18(9-16)30(20(32)11-19(31)21(33)34)12-13-5-6-14-3-1-2-4-15(14)7-13/h1-10H,11-12H2,(H,33,34). The highest BCUT2D eigenvalue weighted by atomic mass is 19.4. The number of ketones is 1. The summed E-state index contributed by atoms with van der Waals surface area (Å²) in [5.41, 5.74) is -3.75. The van der Waals surface area contributed by atoms with Crippen LogP contribution in [0.3, 0.4) is 0 Å². The van der Waals surface area contributed by atoms with Crippen molar-refractivity contribution in [3.63, 3.8) is 0 Å². The van der Waals surface area contributed by atoms with Gasteiger partial charge in [0.1, 0.15) is 0 Å². The number of hydrogen-bond donors (Lipinski definition) is 1. The average molecular weight is 483 g/mol. The van der Waals surface area contributed by atoms with Crippen LogP contribution < -0.4 is 4.90 Å². The van der Waals surface area contributed by atoms with Gasteiger partial charge in [-0.1, -0.05) is 36.4 Å². The van der Waals surface area contributed by atoms with Gasteiger partial charge in [0.25, 0.3) is 0 Å². The molecule has 0 radical (unpaired) electrons. The number of amides is 1. The first-order chi connectivity index (χ1) is 15.8. The van der Waals surface area contributed by atoms with Gasteiger partial charge in [0.15, 0.2) is 0 Å². The summed E-state index contributed by atoms with van der Waals surface area (Å²) in [5, 5.41) is 10.3. The van der Waals surface area contributed by atoms with Crippen LogP contribution in [0.5, 0.6) is 0 Å². The number of carbonyl (C=O) groups excluding carboxylic acids is 2. The zero-order valence-electron chi connectivity index (χ0n) is 17.1. The maximum absolute atomic E-state index is 13.3. The lowest BCUT2D eigenvalue weighted by Crippen LogP contribution is -2.34. The minimum atomic E-state index is -5.16. The Morgan fingerprint density at radius 2 is 1.32 bits per heavy atom. The van der Waals surface area contributed by atoms with E-state index in [-0.39, 0.29) is 6.07 Å². The molecule has 0 fully saturated rings. The van der Waals surface area contributed by atoms with Crippen LogP contribution in [0.15, 0.2) is 60.7 Å². The fourth-order valence-electron chi connectivity index (χ4n) is 3.25. The first kappa shape index (κ1) is 24.7. The highest BCUT2D eigenvalue weighted by Gasteiger charge is 2.38. The van der Waals surface area contributed by atoms with Gasteiger partial charge in [-0.15, -0.1) is 0 Å².